The fourth-order valence-corrected chi connectivity index (χ4v) is 2.41. The molecule has 1 aromatic carbocycles. The number of aryl methyl sites for hydroxylation is 1. The summed E-state index contributed by atoms with van der Waals surface area (Å²) in [6.07, 6.45) is 0.444. The summed E-state index contributed by atoms with van der Waals surface area (Å²) in [4.78, 5) is 11.7. The molecule has 0 aliphatic rings. The van der Waals surface area contributed by atoms with E-state index >= 15 is 0 Å². The SMILES string of the molecule is CC(C)(C)C(=O)CNS(=O)(=O)CCc1ccccc1. The molecule has 106 valence electrons. The molecule has 19 heavy (non-hydrogen) atoms. The van der Waals surface area contributed by atoms with E-state index in [1.165, 1.54) is 0 Å². The third-order valence-electron chi connectivity index (χ3n) is 2.79. The Bertz CT molecular complexity index is 515. The number of hydrogen-bond acceptors (Lipinski definition) is 3. The molecule has 0 unspecified atom stereocenters. The van der Waals surface area contributed by atoms with Gasteiger partial charge in [-0.1, -0.05) is 51.1 Å². The highest BCUT2D eigenvalue weighted by Crippen LogP contribution is 2.13. The summed E-state index contributed by atoms with van der Waals surface area (Å²) in [6, 6.07) is 9.40. The lowest BCUT2D eigenvalue weighted by molar-refractivity contribution is -0.125. The van der Waals surface area contributed by atoms with Crippen molar-refractivity contribution in [3.8, 4) is 0 Å². The van der Waals surface area contributed by atoms with Crippen molar-refractivity contribution in [2.24, 2.45) is 5.41 Å². The van der Waals surface area contributed by atoms with Gasteiger partial charge >= 0.3 is 0 Å². The van der Waals surface area contributed by atoms with E-state index in [1.54, 1.807) is 20.8 Å². The van der Waals surface area contributed by atoms with Crippen molar-refractivity contribution in [2.75, 3.05) is 12.3 Å². The van der Waals surface area contributed by atoms with E-state index in [9.17, 15) is 13.2 Å². The molecule has 0 bridgehead atoms. The number of carbonyl (C=O) groups excluding carboxylic acids is 1. The predicted molar refractivity (Wildman–Crippen MR) is 76.4 cm³/mol. The van der Waals surface area contributed by atoms with Gasteiger partial charge in [0.15, 0.2) is 5.78 Å². The molecule has 0 amide bonds. The Morgan fingerprint density at radius 1 is 1.16 bits per heavy atom. The average Bonchev–Trinajstić information content (AvgIpc) is 2.34. The molecule has 1 aromatic rings. The van der Waals surface area contributed by atoms with Crippen molar-refractivity contribution in [2.45, 2.75) is 27.2 Å². The first-order chi connectivity index (χ1) is 8.71. The Hall–Kier alpha value is -1.20. The van der Waals surface area contributed by atoms with Gasteiger partial charge in [0, 0.05) is 5.41 Å². The zero-order chi connectivity index (χ0) is 14.5. The van der Waals surface area contributed by atoms with Gasteiger partial charge in [0.25, 0.3) is 0 Å². The van der Waals surface area contributed by atoms with E-state index in [4.69, 9.17) is 0 Å². The molecule has 0 heterocycles. The number of rotatable bonds is 6. The maximum atomic E-state index is 11.8. The summed E-state index contributed by atoms with van der Waals surface area (Å²) >= 11 is 0. The molecule has 0 saturated carbocycles. The Morgan fingerprint density at radius 2 is 1.74 bits per heavy atom. The van der Waals surface area contributed by atoms with Crippen molar-refractivity contribution < 1.29 is 13.2 Å². The summed E-state index contributed by atoms with van der Waals surface area (Å²) in [5, 5.41) is 0. The van der Waals surface area contributed by atoms with Crippen molar-refractivity contribution in [3.05, 3.63) is 35.9 Å². The predicted octanol–water partition coefficient (Wildman–Crippen LogP) is 1.76. The van der Waals surface area contributed by atoms with Crippen LogP contribution in [0.5, 0.6) is 0 Å². The number of ketones is 1. The van der Waals surface area contributed by atoms with Crippen LogP contribution in [-0.4, -0.2) is 26.5 Å². The Kier molecular flexibility index (Phi) is 5.26. The van der Waals surface area contributed by atoms with Crippen LogP contribution in [0.2, 0.25) is 0 Å². The molecule has 1 N–H and O–H groups in total. The van der Waals surface area contributed by atoms with E-state index in [2.05, 4.69) is 4.72 Å². The van der Waals surface area contributed by atoms with Crippen LogP contribution in [0.25, 0.3) is 0 Å². The van der Waals surface area contributed by atoms with Crippen LogP contribution < -0.4 is 4.72 Å². The van der Waals surface area contributed by atoms with Gasteiger partial charge in [0.2, 0.25) is 10.0 Å². The van der Waals surface area contributed by atoms with Crippen LogP contribution >= 0.6 is 0 Å². The highest BCUT2D eigenvalue weighted by atomic mass is 32.2. The lowest BCUT2D eigenvalue weighted by atomic mass is 9.91. The first-order valence-electron chi connectivity index (χ1n) is 6.25. The quantitative estimate of drug-likeness (QED) is 0.865. The van der Waals surface area contributed by atoms with Gasteiger partial charge in [-0.15, -0.1) is 0 Å². The van der Waals surface area contributed by atoms with Crippen LogP contribution in [0, 0.1) is 5.41 Å². The normalized spacial score (nSPS) is 12.4. The number of Topliss-reactive ketones (excluding diaryl/α,β-unsaturated/α-hetero) is 1. The highest BCUT2D eigenvalue weighted by molar-refractivity contribution is 7.89. The molecule has 0 fully saturated rings. The molecule has 4 nitrogen and oxygen atoms in total. The number of sulfonamides is 1. The third-order valence-corrected chi connectivity index (χ3v) is 4.12. The van der Waals surface area contributed by atoms with Gasteiger partial charge in [-0.3, -0.25) is 4.79 Å². The molecule has 0 atom stereocenters. The minimum Gasteiger partial charge on any atom is -0.298 e. The third kappa shape index (κ3) is 5.98. The van der Waals surface area contributed by atoms with Crippen molar-refractivity contribution in [1.29, 1.82) is 0 Å². The molecular formula is C14H21NO3S. The second-order valence-corrected chi connectivity index (χ2v) is 7.48. The van der Waals surface area contributed by atoms with Gasteiger partial charge in [-0.2, -0.15) is 0 Å². The fraction of sp³-hybridized carbons (Fsp3) is 0.500. The molecule has 5 heteroatoms. The van der Waals surface area contributed by atoms with E-state index in [-0.39, 0.29) is 18.1 Å². The average molecular weight is 283 g/mol. The lowest BCUT2D eigenvalue weighted by Gasteiger charge is -2.16. The van der Waals surface area contributed by atoms with Crippen molar-refractivity contribution in [1.82, 2.24) is 4.72 Å². The molecule has 0 radical (unpaired) electrons. The molecule has 0 aliphatic heterocycles. The van der Waals surface area contributed by atoms with Gasteiger partial charge in [0.05, 0.1) is 12.3 Å². The van der Waals surface area contributed by atoms with Crippen LogP contribution in [0.15, 0.2) is 30.3 Å². The summed E-state index contributed by atoms with van der Waals surface area (Å²) in [5.74, 6) is -0.121. The smallest absolute Gasteiger partial charge is 0.212 e. The number of nitrogens with one attached hydrogen (secondary N) is 1. The Balaban J connectivity index is 2.47. The zero-order valence-corrected chi connectivity index (χ0v) is 12.5. The van der Waals surface area contributed by atoms with Gasteiger partial charge in [-0.25, -0.2) is 13.1 Å². The van der Waals surface area contributed by atoms with Gasteiger partial charge in [-0.05, 0) is 12.0 Å². The minimum absolute atomic E-state index is 0.00552. The van der Waals surface area contributed by atoms with Crippen molar-refractivity contribution >= 4 is 15.8 Å². The van der Waals surface area contributed by atoms with Gasteiger partial charge < -0.3 is 0 Å². The maximum Gasteiger partial charge on any atom is 0.212 e. The number of carbonyl (C=O) groups is 1. The molecular weight excluding hydrogens is 262 g/mol. The zero-order valence-electron chi connectivity index (χ0n) is 11.6. The summed E-state index contributed by atoms with van der Waals surface area (Å²) in [7, 11) is -3.41. The Morgan fingerprint density at radius 3 is 2.26 bits per heavy atom. The monoisotopic (exact) mass is 283 g/mol. The Labute approximate surface area is 115 Å². The number of benzene rings is 1. The van der Waals surface area contributed by atoms with E-state index < -0.39 is 15.4 Å². The maximum absolute atomic E-state index is 11.8. The van der Waals surface area contributed by atoms with Crippen molar-refractivity contribution in [3.63, 3.8) is 0 Å². The molecule has 1 rings (SSSR count). The van der Waals surface area contributed by atoms with E-state index in [0.717, 1.165) is 5.56 Å². The summed E-state index contributed by atoms with van der Waals surface area (Å²) in [5.41, 5.74) is 0.442. The van der Waals surface area contributed by atoms with Crippen LogP contribution in [-0.2, 0) is 21.2 Å². The van der Waals surface area contributed by atoms with Crippen LogP contribution in [0.3, 0.4) is 0 Å². The highest BCUT2D eigenvalue weighted by Gasteiger charge is 2.22. The second-order valence-electron chi connectivity index (χ2n) is 5.55. The molecule has 0 spiro atoms. The minimum atomic E-state index is -3.41. The lowest BCUT2D eigenvalue weighted by Crippen LogP contribution is -2.36. The second kappa shape index (κ2) is 6.30. The molecule has 0 aromatic heterocycles. The summed E-state index contributed by atoms with van der Waals surface area (Å²) < 4.78 is 25.9. The largest absolute Gasteiger partial charge is 0.298 e. The van der Waals surface area contributed by atoms with E-state index in [0.29, 0.717) is 6.42 Å². The van der Waals surface area contributed by atoms with Gasteiger partial charge in [0.1, 0.15) is 0 Å². The molecule has 0 saturated heterocycles. The topological polar surface area (TPSA) is 63.2 Å². The number of hydrogen-bond donors (Lipinski definition) is 1. The standard InChI is InChI=1S/C14H21NO3S/c1-14(2,3)13(16)11-15-19(17,18)10-9-12-7-5-4-6-8-12/h4-8,15H,9-11H2,1-3H3. The fourth-order valence-electron chi connectivity index (χ4n) is 1.41. The first-order valence-corrected chi connectivity index (χ1v) is 7.90. The summed E-state index contributed by atoms with van der Waals surface area (Å²) in [6.45, 7) is 5.18. The van der Waals surface area contributed by atoms with Crippen LogP contribution in [0.4, 0.5) is 0 Å². The van der Waals surface area contributed by atoms with Crippen LogP contribution in [0.1, 0.15) is 26.3 Å². The molecule has 0 aliphatic carbocycles. The van der Waals surface area contributed by atoms with E-state index in [1.807, 2.05) is 30.3 Å². The first kappa shape index (κ1) is 15.9.